The lowest BCUT2D eigenvalue weighted by molar-refractivity contribution is 0.0163. The van der Waals surface area contributed by atoms with E-state index >= 15 is 0 Å². The minimum Gasteiger partial charge on any atom is -0.497 e. The molecule has 2 heterocycles. The molecule has 1 aromatic heterocycles. The molecule has 5 nitrogen and oxygen atoms in total. The van der Waals surface area contributed by atoms with E-state index < -0.39 is 0 Å². The topological polar surface area (TPSA) is 50.8 Å². The first-order chi connectivity index (χ1) is 11.8. The van der Waals surface area contributed by atoms with Crippen molar-refractivity contribution in [3.8, 4) is 5.75 Å². The maximum atomic E-state index is 12.5. The third kappa shape index (κ3) is 4.14. The predicted octanol–water partition coefficient (Wildman–Crippen LogP) is 2.56. The second-order valence-electron chi connectivity index (χ2n) is 5.66. The molecule has 0 aliphatic carbocycles. The number of carbonyl (C=O) groups excluding carboxylic acids is 1. The first-order valence-electron chi connectivity index (χ1n) is 8.04. The number of nitrogens with zero attached hydrogens (tertiary/aromatic N) is 1. The van der Waals surface area contributed by atoms with Gasteiger partial charge in [-0.15, -0.1) is 0 Å². The highest BCUT2D eigenvalue weighted by Gasteiger charge is 2.23. The number of hydrogen-bond donors (Lipinski definition) is 1. The third-order valence-electron chi connectivity index (χ3n) is 4.20. The van der Waals surface area contributed by atoms with Gasteiger partial charge in [-0.2, -0.15) is 11.3 Å². The molecule has 0 spiro atoms. The molecular formula is C18H22N2O3S. The number of carbonyl (C=O) groups is 1. The first-order valence-corrected chi connectivity index (χ1v) is 8.98. The molecule has 1 aliphatic rings. The summed E-state index contributed by atoms with van der Waals surface area (Å²) in [7, 11) is 1.60. The number of morpholine rings is 1. The standard InChI is InChI=1S/C18H22N2O3S/c1-22-16-4-2-3-14(11-16)18(21)19-12-17(15-5-10-24-13-15)20-6-8-23-9-7-20/h2-5,10-11,13,17H,6-9,12H2,1H3,(H,19,21). The Morgan fingerprint density at radius 3 is 2.92 bits per heavy atom. The van der Waals surface area contributed by atoms with Crippen molar-refractivity contribution in [3.63, 3.8) is 0 Å². The molecule has 0 bridgehead atoms. The van der Waals surface area contributed by atoms with Crippen LogP contribution in [0.5, 0.6) is 5.75 Å². The van der Waals surface area contributed by atoms with Crippen molar-refractivity contribution in [3.05, 3.63) is 52.2 Å². The zero-order valence-electron chi connectivity index (χ0n) is 13.7. The van der Waals surface area contributed by atoms with Crippen LogP contribution >= 0.6 is 11.3 Å². The first kappa shape index (κ1) is 17.0. The van der Waals surface area contributed by atoms with Crippen molar-refractivity contribution in [1.29, 1.82) is 0 Å². The molecule has 1 atom stereocenters. The summed E-state index contributed by atoms with van der Waals surface area (Å²) in [5, 5.41) is 7.29. The van der Waals surface area contributed by atoms with Crippen LogP contribution in [0.4, 0.5) is 0 Å². The Morgan fingerprint density at radius 2 is 2.21 bits per heavy atom. The van der Waals surface area contributed by atoms with Crippen molar-refractivity contribution < 1.29 is 14.3 Å². The predicted molar refractivity (Wildman–Crippen MR) is 94.8 cm³/mol. The number of amides is 1. The maximum absolute atomic E-state index is 12.5. The molecule has 1 N–H and O–H groups in total. The summed E-state index contributed by atoms with van der Waals surface area (Å²) >= 11 is 1.68. The van der Waals surface area contributed by atoms with Gasteiger partial charge in [-0.3, -0.25) is 9.69 Å². The van der Waals surface area contributed by atoms with E-state index in [1.807, 2.05) is 12.1 Å². The third-order valence-corrected chi connectivity index (χ3v) is 4.90. The van der Waals surface area contributed by atoms with Gasteiger partial charge in [0.25, 0.3) is 5.91 Å². The molecule has 1 aliphatic heterocycles. The fraction of sp³-hybridized carbons (Fsp3) is 0.389. The Kier molecular flexibility index (Phi) is 5.85. The van der Waals surface area contributed by atoms with E-state index in [1.54, 1.807) is 30.6 Å². The van der Waals surface area contributed by atoms with Crippen molar-refractivity contribution in [2.45, 2.75) is 6.04 Å². The lowest BCUT2D eigenvalue weighted by atomic mass is 10.1. The van der Waals surface area contributed by atoms with E-state index in [0.717, 1.165) is 26.3 Å². The molecule has 1 aromatic carbocycles. The number of hydrogen-bond acceptors (Lipinski definition) is 5. The van der Waals surface area contributed by atoms with Gasteiger partial charge in [-0.1, -0.05) is 6.07 Å². The molecule has 0 saturated carbocycles. The van der Waals surface area contributed by atoms with Crippen molar-refractivity contribution in [2.24, 2.45) is 0 Å². The minimum absolute atomic E-state index is 0.0811. The summed E-state index contributed by atoms with van der Waals surface area (Å²) in [6.07, 6.45) is 0. The lowest BCUT2D eigenvalue weighted by Gasteiger charge is -2.34. The van der Waals surface area contributed by atoms with Crippen LogP contribution in [0, 0.1) is 0 Å². The van der Waals surface area contributed by atoms with Gasteiger partial charge in [0.1, 0.15) is 5.75 Å². The van der Waals surface area contributed by atoms with Crippen LogP contribution < -0.4 is 10.1 Å². The molecular weight excluding hydrogens is 324 g/mol. The molecule has 6 heteroatoms. The lowest BCUT2D eigenvalue weighted by Crippen LogP contribution is -2.43. The largest absolute Gasteiger partial charge is 0.497 e. The summed E-state index contributed by atoms with van der Waals surface area (Å²) < 4.78 is 10.6. The number of benzene rings is 1. The summed E-state index contributed by atoms with van der Waals surface area (Å²) in [6, 6.07) is 9.51. The van der Waals surface area contributed by atoms with Gasteiger partial charge >= 0.3 is 0 Å². The number of nitrogens with one attached hydrogen (secondary N) is 1. The number of thiophene rings is 1. The summed E-state index contributed by atoms with van der Waals surface area (Å²) in [4.78, 5) is 14.8. The molecule has 24 heavy (non-hydrogen) atoms. The SMILES string of the molecule is COc1cccc(C(=O)NCC(c2ccsc2)N2CCOCC2)c1. The van der Waals surface area contributed by atoms with Crippen molar-refractivity contribution >= 4 is 17.2 Å². The van der Waals surface area contributed by atoms with Gasteiger partial charge in [0, 0.05) is 25.2 Å². The Balaban J connectivity index is 1.67. The van der Waals surface area contributed by atoms with E-state index in [9.17, 15) is 4.79 Å². The highest BCUT2D eigenvalue weighted by Crippen LogP contribution is 2.23. The van der Waals surface area contributed by atoms with Gasteiger partial charge in [0.15, 0.2) is 0 Å². The highest BCUT2D eigenvalue weighted by molar-refractivity contribution is 7.07. The Bertz CT molecular complexity index is 654. The average molecular weight is 346 g/mol. The molecule has 1 saturated heterocycles. The molecule has 0 radical (unpaired) electrons. The van der Waals surface area contributed by atoms with Crippen molar-refractivity contribution in [2.75, 3.05) is 40.0 Å². The van der Waals surface area contributed by atoms with Crippen LogP contribution in [0.15, 0.2) is 41.1 Å². The summed E-state index contributed by atoms with van der Waals surface area (Å²) in [5.41, 5.74) is 1.85. The fourth-order valence-electron chi connectivity index (χ4n) is 2.87. The summed E-state index contributed by atoms with van der Waals surface area (Å²) in [6.45, 7) is 3.83. The van der Waals surface area contributed by atoms with Gasteiger partial charge in [0.05, 0.1) is 26.4 Å². The van der Waals surface area contributed by atoms with Crippen LogP contribution in [-0.4, -0.2) is 50.8 Å². The van der Waals surface area contributed by atoms with E-state index in [2.05, 4.69) is 27.0 Å². The van der Waals surface area contributed by atoms with Crippen LogP contribution in [0.3, 0.4) is 0 Å². The monoisotopic (exact) mass is 346 g/mol. The van der Waals surface area contributed by atoms with Crippen LogP contribution in [-0.2, 0) is 4.74 Å². The van der Waals surface area contributed by atoms with Crippen molar-refractivity contribution in [1.82, 2.24) is 10.2 Å². The Hall–Kier alpha value is -1.89. The number of ether oxygens (including phenoxy) is 2. The average Bonchev–Trinajstić information content (AvgIpc) is 3.17. The second-order valence-corrected chi connectivity index (χ2v) is 6.44. The molecule has 1 unspecified atom stereocenters. The maximum Gasteiger partial charge on any atom is 0.251 e. The highest BCUT2D eigenvalue weighted by atomic mass is 32.1. The molecule has 1 amide bonds. The van der Waals surface area contributed by atoms with Gasteiger partial charge in [-0.05, 0) is 40.6 Å². The van der Waals surface area contributed by atoms with Crippen LogP contribution in [0.2, 0.25) is 0 Å². The smallest absolute Gasteiger partial charge is 0.251 e. The van der Waals surface area contributed by atoms with Crippen LogP contribution in [0.1, 0.15) is 22.0 Å². The van der Waals surface area contributed by atoms with Gasteiger partial charge in [0.2, 0.25) is 0 Å². The molecule has 3 rings (SSSR count). The Morgan fingerprint density at radius 1 is 1.38 bits per heavy atom. The molecule has 128 valence electrons. The van der Waals surface area contributed by atoms with E-state index in [4.69, 9.17) is 9.47 Å². The fourth-order valence-corrected chi connectivity index (χ4v) is 3.57. The zero-order valence-corrected chi connectivity index (χ0v) is 14.6. The second kappa shape index (κ2) is 8.28. The van der Waals surface area contributed by atoms with Crippen LogP contribution in [0.25, 0.3) is 0 Å². The zero-order chi connectivity index (χ0) is 16.8. The normalized spacial score (nSPS) is 16.5. The van der Waals surface area contributed by atoms with E-state index in [-0.39, 0.29) is 11.9 Å². The molecule has 2 aromatic rings. The minimum atomic E-state index is -0.0811. The summed E-state index contributed by atoms with van der Waals surface area (Å²) in [5.74, 6) is 0.604. The van der Waals surface area contributed by atoms with E-state index in [1.165, 1.54) is 5.56 Å². The van der Waals surface area contributed by atoms with E-state index in [0.29, 0.717) is 17.9 Å². The Labute approximate surface area is 146 Å². The van der Waals surface area contributed by atoms with Gasteiger partial charge < -0.3 is 14.8 Å². The number of methoxy groups -OCH3 is 1. The number of rotatable bonds is 6. The van der Waals surface area contributed by atoms with Gasteiger partial charge in [-0.25, -0.2) is 0 Å². The quantitative estimate of drug-likeness (QED) is 0.873. The molecule has 1 fully saturated rings.